The van der Waals surface area contributed by atoms with E-state index < -0.39 is 38.5 Å². The maximum Gasteiger partial charge on any atom is 0.315 e. The minimum absolute atomic E-state index is 0.129. The van der Waals surface area contributed by atoms with E-state index in [1.807, 2.05) is 13.8 Å². The van der Waals surface area contributed by atoms with Crippen molar-refractivity contribution in [2.24, 2.45) is 0 Å². The van der Waals surface area contributed by atoms with E-state index in [1.165, 1.54) is 38.5 Å². The van der Waals surface area contributed by atoms with Gasteiger partial charge in [-0.3, -0.25) is 25.0 Å². The number of benzene rings is 2. The normalized spacial score (nSPS) is 10.5. The largest absolute Gasteiger partial charge is 0.500 e. The second-order valence-corrected chi connectivity index (χ2v) is 5.77. The van der Waals surface area contributed by atoms with Crippen molar-refractivity contribution in [3.8, 4) is 23.0 Å². The Kier molecular flexibility index (Phi) is 9.36. The number of aromatic hydroxyl groups is 2. The van der Waals surface area contributed by atoms with Gasteiger partial charge in [0.25, 0.3) is 0 Å². The molecule has 0 radical (unpaired) electrons. The number of nitro benzene ring substituents is 2. The molecule has 2 N–H and O–H groups in total. The molecule has 0 aliphatic heterocycles. The molecule has 0 aromatic heterocycles. The van der Waals surface area contributed by atoms with Gasteiger partial charge in [-0.05, 0) is 35.4 Å². The van der Waals surface area contributed by atoms with E-state index in [0.29, 0.717) is 0 Å². The lowest BCUT2D eigenvalue weighted by atomic mass is 10.1. The summed E-state index contributed by atoms with van der Waals surface area (Å²) >= 11 is 0. The summed E-state index contributed by atoms with van der Waals surface area (Å²) in [5.74, 6) is -2.05. The molecule has 0 aliphatic rings. The molecular formula is C21H22N2O9. The van der Waals surface area contributed by atoms with Crippen molar-refractivity contribution in [1.82, 2.24) is 0 Å². The number of allylic oxidation sites excluding steroid dienone is 2. The van der Waals surface area contributed by atoms with Crippen LogP contribution in [0.3, 0.4) is 0 Å². The number of carbonyl (C=O) groups excluding carboxylic acids is 1. The van der Waals surface area contributed by atoms with Crippen LogP contribution in [0.25, 0.3) is 12.2 Å². The maximum atomic E-state index is 12.1. The Balaban J connectivity index is 0.00000249. The first-order valence-corrected chi connectivity index (χ1v) is 9.18. The van der Waals surface area contributed by atoms with Crippen molar-refractivity contribution >= 4 is 29.3 Å². The minimum atomic E-state index is -0.790. The fourth-order valence-electron chi connectivity index (χ4n) is 2.42. The molecule has 0 unspecified atom stereocenters. The van der Waals surface area contributed by atoms with Crippen molar-refractivity contribution in [1.29, 1.82) is 0 Å². The zero-order valence-electron chi connectivity index (χ0n) is 17.8. The number of ketones is 1. The van der Waals surface area contributed by atoms with Gasteiger partial charge in [0, 0.05) is 12.1 Å². The van der Waals surface area contributed by atoms with Crippen LogP contribution in [0.15, 0.2) is 36.4 Å². The second-order valence-electron chi connectivity index (χ2n) is 5.77. The highest BCUT2D eigenvalue weighted by Crippen LogP contribution is 2.38. The molecule has 0 atom stereocenters. The number of methoxy groups -OCH3 is 2. The molecule has 0 heterocycles. The zero-order chi connectivity index (χ0) is 24.4. The molecular weight excluding hydrogens is 424 g/mol. The average molecular weight is 446 g/mol. The first kappa shape index (κ1) is 25.6. The number of hydrogen-bond acceptors (Lipinski definition) is 9. The number of rotatable bonds is 8. The summed E-state index contributed by atoms with van der Waals surface area (Å²) in [5.41, 5.74) is -0.693. The number of phenols is 2. The highest BCUT2D eigenvalue weighted by atomic mass is 16.6. The number of carbonyl (C=O) groups is 1. The molecule has 0 bridgehead atoms. The highest BCUT2D eigenvalue weighted by Gasteiger charge is 2.20. The van der Waals surface area contributed by atoms with Gasteiger partial charge in [0.1, 0.15) is 0 Å². The first-order chi connectivity index (χ1) is 15.2. The van der Waals surface area contributed by atoms with Crippen molar-refractivity contribution in [3.05, 3.63) is 67.8 Å². The van der Waals surface area contributed by atoms with Crippen LogP contribution in [-0.2, 0) is 4.79 Å². The van der Waals surface area contributed by atoms with E-state index in [4.69, 9.17) is 9.47 Å². The zero-order valence-corrected chi connectivity index (χ0v) is 17.8. The first-order valence-electron chi connectivity index (χ1n) is 9.18. The summed E-state index contributed by atoms with van der Waals surface area (Å²) < 4.78 is 9.75. The number of nitro groups is 2. The maximum absolute atomic E-state index is 12.1. The molecule has 0 saturated heterocycles. The number of phenolic OH excluding ortho intramolecular Hbond substituents is 2. The lowest BCUT2D eigenvalue weighted by Gasteiger charge is -2.05. The summed E-state index contributed by atoms with van der Waals surface area (Å²) in [6.45, 7) is 4.00. The predicted molar refractivity (Wildman–Crippen MR) is 117 cm³/mol. The molecule has 0 spiro atoms. The molecule has 2 rings (SSSR count). The summed E-state index contributed by atoms with van der Waals surface area (Å²) in [6.07, 6.45) is 4.78. The Labute approximate surface area is 183 Å². The Hall–Kier alpha value is -4.41. The van der Waals surface area contributed by atoms with E-state index in [2.05, 4.69) is 0 Å². The standard InChI is InChI=1S/C19H16N2O9.C2H6/c1-29-16-9-11(7-14(18(16)23)20(25)26)3-5-13(22)6-4-12-8-15(21(27)28)19(24)17(10-12)30-2;1-2/h3-10,23-24H,1-2H3;1-2H3/b5-3+,6-4+;. The van der Waals surface area contributed by atoms with Gasteiger partial charge in [-0.15, -0.1) is 0 Å². The Morgan fingerprint density at radius 1 is 0.812 bits per heavy atom. The third kappa shape index (κ3) is 6.29. The molecule has 11 heteroatoms. The highest BCUT2D eigenvalue weighted by molar-refractivity contribution is 6.04. The molecule has 0 saturated carbocycles. The van der Waals surface area contributed by atoms with Crippen LogP contribution in [0.1, 0.15) is 25.0 Å². The van der Waals surface area contributed by atoms with Gasteiger partial charge in [-0.2, -0.15) is 0 Å². The Bertz CT molecular complexity index is 992. The summed E-state index contributed by atoms with van der Waals surface area (Å²) in [6, 6.07) is 4.76. The number of nitrogens with zero attached hydrogens (tertiary/aromatic N) is 2. The van der Waals surface area contributed by atoms with Crippen LogP contribution in [-0.4, -0.2) is 40.1 Å². The third-order valence-electron chi connectivity index (χ3n) is 3.87. The molecule has 0 amide bonds. The van der Waals surface area contributed by atoms with E-state index in [1.54, 1.807) is 0 Å². The van der Waals surface area contributed by atoms with Gasteiger partial charge < -0.3 is 19.7 Å². The van der Waals surface area contributed by atoms with Gasteiger partial charge in [0.05, 0.1) is 24.1 Å². The lowest BCUT2D eigenvalue weighted by Crippen LogP contribution is -1.94. The van der Waals surface area contributed by atoms with Gasteiger partial charge >= 0.3 is 11.4 Å². The molecule has 2 aromatic rings. The van der Waals surface area contributed by atoms with Crippen molar-refractivity contribution in [2.45, 2.75) is 13.8 Å². The smallest absolute Gasteiger partial charge is 0.315 e. The van der Waals surface area contributed by atoms with Crippen LogP contribution in [0.4, 0.5) is 11.4 Å². The van der Waals surface area contributed by atoms with E-state index in [0.717, 1.165) is 24.3 Å². The van der Waals surface area contributed by atoms with Gasteiger partial charge in [-0.1, -0.05) is 26.0 Å². The second kappa shape index (κ2) is 11.7. The van der Waals surface area contributed by atoms with E-state index in [9.17, 15) is 35.2 Å². The van der Waals surface area contributed by atoms with E-state index in [-0.39, 0.29) is 22.6 Å². The molecule has 32 heavy (non-hydrogen) atoms. The van der Waals surface area contributed by atoms with Crippen LogP contribution in [0.5, 0.6) is 23.0 Å². The molecule has 0 fully saturated rings. The lowest BCUT2D eigenvalue weighted by molar-refractivity contribution is -0.386. The summed E-state index contributed by atoms with van der Waals surface area (Å²) in [5, 5.41) is 41.5. The third-order valence-corrected chi connectivity index (χ3v) is 3.87. The van der Waals surface area contributed by atoms with Crippen molar-refractivity contribution in [3.63, 3.8) is 0 Å². The van der Waals surface area contributed by atoms with Gasteiger partial charge in [0.2, 0.25) is 11.5 Å². The molecule has 11 nitrogen and oxygen atoms in total. The Morgan fingerprint density at radius 3 is 1.44 bits per heavy atom. The number of hydrogen-bond donors (Lipinski definition) is 2. The fourth-order valence-corrected chi connectivity index (χ4v) is 2.42. The quantitative estimate of drug-likeness (QED) is 0.343. The van der Waals surface area contributed by atoms with Crippen LogP contribution in [0.2, 0.25) is 0 Å². The summed E-state index contributed by atoms with van der Waals surface area (Å²) in [7, 11) is 2.45. The Morgan fingerprint density at radius 2 is 1.16 bits per heavy atom. The van der Waals surface area contributed by atoms with E-state index >= 15 is 0 Å². The topological polar surface area (TPSA) is 162 Å². The predicted octanol–water partition coefficient (Wildman–Crippen LogP) is 4.25. The van der Waals surface area contributed by atoms with Crippen molar-refractivity contribution < 1.29 is 34.3 Å². The monoisotopic (exact) mass is 446 g/mol. The molecule has 2 aromatic carbocycles. The summed E-state index contributed by atoms with van der Waals surface area (Å²) in [4.78, 5) is 32.5. The molecule has 0 aliphatic carbocycles. The molecule has 170 valence electrons. The number of ether oxygens (including phenoxy) is 2. The average Bonchev–Trinajstić information content (AvgIpc) is 2.78. The van der Waals surface area contributed by atoms with Crippen LogP contribution >= 0.6 is 0 Å². The van der Waals surface area contributed by atoms with Gasteiger partial charge in [0.15, 0.2) is 17.3 Å². The minimum Gasteiger partial charge on any atom is -0.500 e. The van der Waals surface area contributed by atoms with Crippen molar-refractivity contribution in [2.75, 3.05) is 14.2 Å². The van der Waals surface area contributed by atoms with Gasteiger partial charge in [-0.25, -0.2) is 0 Å². The van der Waals surface area contributed by atoms with Crippen LogP contribution < -0.4 is 9.47 Å². The fraction of sp³-hybridized carbons (Fsp3) is 0.190. The SMILES string of the molecule is CC.COc1cc(/C=C/C(=O)/C=C/c2cc(OC)c(O)c([N+](=O)[O-])c2)cc([N+](=O)[O-])c1O. The van der Waals surface area contributed by atoms with Crippen LogP contribution in [0, 0.1) is 20.2 Å².